The van der Waals surface area contributed by atoms with E-state index in [2.05, 4.69) is 10.3 Å². The second-order valence-electron chi connectivity index (χ2n) is 4.97. The predicted molar refractivity (Wildman–Crippen MR) is 100 cm³/mol. The summed E-state index contributed by atoms with van der Waals surface area (Å²) in [5, 5.41) is 3.82. The number of halogens is 1. The van der Waals surface area contributed by atoms with Crippen molar-refractivity contribution in [3.05, 3.63) is 53.6 Å². The van der Waals surface area contributed by atoms with E-state index in [9.17, 15) is 4.79 Å². The van der Waals surface area contributed by atoms with E-state index in [1.165, 1.54) is 11.3 Å². The van der Waals surface area contributed by atoms with Crippen molar-refractivity contribution in [1.29, 1.82) is 0 Å². The van der Waals surface area contributed by atoms with E-state index in [1.54, 1.807) is 7.11 Å². The first kappa shape index (κ1) is 17.4. The number of para-hydroxylation sites is 1. The maximum Gasteiger partial charge on any atom is 0.184 e. The first-order valence-electron chi connectivity index (χ1n) is 6.94. The molecule has 120 valence electrons. The van der Waals surface area contributed by atoms with Crippen LogP contribution in [0.3, 0.4) is 0 Å². The first-order chi connectivity index (χ1) is 10.7. The van der Waals surface area contributed by atoms with Crippen LogP contribution in [0.5, 0.6) is 5.75 Å². The zero-order valence-corrected chi connectivity index (χ0v) is 15.4. The molecule has 0 unspecified atom stereocenters. The van der Waals surface area contributed by atoms with Gasteiger partial charge in [0.2, 0.25) is 0 Å². The van der Waals surface area contributed by atoms with Gasteiger partial charge in [0.15, 0.2) is 10.9 Å². The lowest BCUT2D eigenvalue weighted by molar-refractivity contribution is 0.101. The monoisotopic (exact) mass is 392 g/mol. The van der Waals surface area contributed by atoms with Gasteiger partial charge in [0.25, 0.3) is 0 Å². The van der Waals surface area contributed by atoms with Gasteiger partial charge in [-0.15, -0.1) is 17.0 Å². The average Bonchev–Trinajstić information content (AvgIpc) is 2.96. The fourth-order valence-electron chi connectivity index (χ4n) is 2.16. The number of nitrogens with zero attached hydrogens (tertiary/aromatic N) is 1. The van der Waals surface area contributed by atoms with Crippen LogP contribution in [0.2, 0.25) is 0 Å². The lowest BCUT2D eigenvalue weighted by Crippen LogP contribution is -2.13. The van der Waals surface area contributed by atoms with Crippen molar-refractivity contribution in [2.24, 2.45) is 0 Å². The van der Waals surface area contributed by atoms with Crippen LogP contribution >= 0.6 is 28.3 Å². The molecule has 1 aromatic heterocycles. The van der Waals surface area contributed by atoms with Crippen LogP contribution in [-0.2, 0) is 0 Å². The number of aromatic nitrogens is 1. The number of thiazole rings is 1. The molecule has 0 saturated carbocycles. The highest BCUT2D eigenvalue weighted by molar-refractivity contribution is 8.93. The molecule has 0 saturated heterocycles. The zero-order valence-electron chi connectivity index (χ0n) is 12.8. The van der Waals surface area contributed by atoms with E-state index in [4.69, 9.17) is 4.74 Å². The Balaban J connectivity index is 0.00000192. The van der Waals surface area contributed by atoms with Crippen molar-refractivity contribution < 1.29 is 9.53 Å². The summed E-state index contributed by atoms with van der Waals surface area (Å²) in [6, 6.07) is 13.4. The Bertz CT molecular complexity index is 815. The Morgan fingerprint density at radius 1 is 1.22 bits per heavy atom. The van der Waals surface area contributed by atoms with Crippen molar-refractivity contribution in [2.75, 3.05) is 19.0 Å². The number of hydrogen-bond donors (Lipinski definition) is 1. The third kappa shape index (κ3) is 3.89. The van der Waals surface area contributed by atoms with E-state index in [1.807, 2.05) is 49.4 Å². The van der Waals surface area contributed by atoms with Crippen molar-refractivity contribution in [1.82, 2.24) is 4.98 Å². The summed E-state index contributed by atoms with van der Waals surface area (Å²) >= 11 is 1.51. The third-order valence-corrected chi connectivity index (χ3v) is 4.35. The molecule has 0 radical (unpaired) electrons. The quantitative estimate of drug-likeness (QED) is 0.650. The highest BCUT2D eigenvalue weighted by Gasteiger charge is 2.10. The maximum atomic E-state index is 12.2. The van der Waals surface area contributed by atoms with Gasteiger partial charge < -0.3 is 10.1 Å². The highest BCUT2D eigenvalue weighted by Crippen LogP contribution is 2.31. The smallest absolute Gasteiger partial charge is 0.184 e. The number of rotatable bonds is 5. The molecule has 0 amide bonds. The molecule has 3 aromatic rings. The molecule has 1 heterocycles. The molecule has 1 N–H and O–H groups in total. The number of Topliss-reactive ketones (excluding diaryl/α,β-unsaturated/α-hetero) is 1. The number of methoxy groups -OCH3 is 1. The molecule has 0 atom stereocenters. The molecular weight excluding hydrogens is 376 g/mol. The van der Waals surface area contributed by atoms with Crippen LogP contribution in [0.4, 0.5) is 5.13 Å². The van der Waals surface area contributed by atoms with Gasteiger partial charge >= 0.3 is 0 Å². The minimum atomic E-state index is 0. The molecule has 4 nitrogen and oxygen atoms in total. The second-order valence-corrected chi connectivity index (χ2v) is 6.00. The number of aryl methyl sites for hydroxylation is 1. The molecule has 0 aliphatic rings. The topological polar surface area (TPSA) is 51.2 Å². The number of carbonyl (C=O) groups is 1. The van der Waals surface area contributed by atoms with Gasteiger partial charge in [0.05, 0.1) is 18.4 Å². The molecule has 0 aliphatic heterocycles. The number of ether oxygens (including phenoxy) is 1. The van der Waals surface area contributed by atoms with Crippen LogP contribution in [-0.4, -0.2) is 24.4 Å². The van der Waals surface area contributed by atoms with Crippen LogP contribution in [0, 0.1) is 6.92 Å². The summed E-state index contributed by atoms with van der Waals surface area (Å²) in [6.45, 7) is 2.23. The first-order valence-corrected chi connectivity index (χ1v) is 7.76. The molecule has 0 aliphatic carbocycles. The number of benzene rings is 2. The highest BCUT2D eigenvalue weighted by atomic mass is 79.9. The van der Waals surface area contributed by atoms with E-state index < -0.39 is 0 Å². The minimum Gasteiger partial charge on any atom is -0.494 e. The predicted octanol–water partition coefficient (Wildman–Crippen LogP) is 4.49. The molecule has 6 heteroatoms. The van der Waals surface area contributed by atoms with Crippen molar-refractivity contribution in [3.63, 3.8) is 0 Å². The van der Waals surface area contributed by atoms with Gasteiger partial charge in [-0.05, 0) is 19.1 Å². The summed E-state index contributed by atoms with van der Waals surface area (Å²) in [5.41, 5.74) is 2.67. The SMILES string of the molecule is Br.COc1cccc2sc(NCC(=O)c3ccc(C)cc3)nc12. The van der Waals surface area contributed by atoms with E-state index in [0.29, 0.717) is 5.56 Å². The van der Waals surface area contributed by atoms with Gasteiger partial charge in [-0.2, -0.15) is 0 Å². The summed E-state index contributed by atoms with van der Waals surface area (Å²) in [4.78, 5) is 16.7. The van der Waals surface area contributed by atoms with E-state index >= 15 is 0 Å². The zero-order chi connectivity index (χ0) is 15.5. The van der Waals surface area contributed by atoms with Gasteiger partial charge in [0, 0.05) is 5.56 Å². The fourth-order valence-corrected chi connectivity index (χ4v) is 3.04. The molecule has 3 rings (SSSR count). The van der Waals surface area contributed by atoms with Crippen molar-refractivity contribution in [2.45, 2.75) is 6.92 Å². The number of carbonyl (C=O) groups excluding carboxylic acids is 1. The van der Waals surface area contributed by atoms with Crippen molar-refractivity contribution >= 4 is 49.4 Å². The van der Waals surface area contributed by atoms with Gasteiger partial charge in [-0.25, -0.2) is 4.98 Å². The van der Waals surface area contributed by atoms with E-state index in [-0.39, 0.29) is 29.3 Å². The lowest BCUT2D eigenvalue weighted by atomic mass is 10.1. The maximum absolute atomic E-state index is 12.2. The normalized spacial score (nSPS) is 10.2. The largest absolute Gasteiger partial charge is 0.494 e. The third-order valence-electron chi connectivity index (χ3n) is 3.38. The summed E-state index contributed by atoms with van der Waals surface area (Å²) in [5.74, 6) is 0.790. The number of anilines is 1. The summed E-state index contributed by atoms with van der Waals surface area (Å²) in [7, 11) is 1.63. The molecule has 0 spiro atoms. The number of hydrogen-bond acceptors (Lipinski definition) is 5. The van der Waals surface area contributed by atoms with Gasteiger partial charge in [-0.1, -0.05) is 47.2 Å². The van der Waals surface area contributed by atoms with Crippen LogP contribution < -0.4 is 10.1 Å². The van der Waals surface area contributed by atoms with Crippen molar-refractivity contribution in [3.8, 4) is 5.75 Å². The molecule has 2 aromatic carbocycles. The fraction of sp³-hybridized carbons (Fsp3) is 0.176. The Hall–Kier alpha value is -1.92. The Morgan fingerprint density at radius 2 is 1.96 bits per heavy atom. The van der Waals surface area contributed by atoms with E-state index in [0.717, 1.165) is 26.7 Å². The van der Waals surface area contributed by atoms with Gasteiger partial charge in [0.1, 0.15) is 11.3 Å². The standard InChI is InChI=1S/C17H16N2O2S.BrH/c1-11-6-8-12(9-7-11)13(20)10-18-17-19-16-14(21-2)4-3-5-15(16)22-17;/h3-9H,10H2,1-2H3,(H,18,19);1H. The summed E-state index contributed by atoms with van der Waals surface area (Å²) in [6.07, 6.45) is 0. The minimum absolute atomic E-state index is 0. The second kappa shape index (κ2) is 7.57. The number of nitrogens with one attached hydrogen (secondary N) is 1. The molecule has 23 heavy (non-hydrogen) atoms. The van der Waals surface area contributed by atoms with Crippen LogP contribution in [0.1, 0.15) is 15.9 Å². The Labute approximate surface area is 149 Å². The molecule has 0 fully saturated rings. The molecular formula is C17H17BrN2O2S. The summed E-state index contributed by atoms with van der Waals surface area (Å²) < 4.78 is 6.33. The lowest BCUT2D eigenvalue weighted by Gasteiger charge is -2.02. The number of ketones is 1. The average molecular weight is 393 g/mol. The Morgan fingerprint density at radius 3 is 2.65 bits per heavy atom. The van der Waals surface area contributed by atoms with Crippen LogP contribution in [0.15, 0.2) is 42.5 Å². The number of fused-ring (bicyclic) bond motifs is 1. The molecule has 0 bridgehead atoms. The Kier molecular flexibility index (Phi) is 5.74. The van der Waals surface area contributed by atoms with Gasteiger partial charge in [-0.3, -0.25) is 4.79 Å². The van der Waals surface area contributed by atoms with Crippen LogP contribution in [0.25, 0.3) is 10.2 Å².